The van der Waals surface area contributed by atoms with E-state index in [9.17, 15) is 4.21 Å². The molecular formula is C11H16ClN3OS. The molecule has 0 spiro atoms. The van der Waals surface area contributed by atoms with Gasteiger partial charge in [-0.05, 0) is 19.8 Å². The molecule has 0 amide bonds. The fraction of sp³-hybridized carbons (Fsp3) is 0.636. The number of hydrogen-bond acceptors (Lipinski definition) is 4. The van der Waals surface area contributed by atoms with Crippen LogP contribution >= 0.6 is 11.6 Å². The maximum atomic E-state index is 11.2. The zero-order valence-corrected chi connectivity index (χ0v) is 11.5. The quantitative estimate of drug-likeness (QED) is 0.836. The Hall–Kier alpha value is -0.680. The highest BCUT2D eigenvalue weighted by atomic mass is 35.5. The van der Waals surface area contributed by atoms with Crippen LogP contribution in [0.25, 0.3) is 0 Å². The summed E-state index contributed by atoms with van der Waals surface area (Å²) in [6.45, 7) is 2.56. The van der Waals surface area contributed by atoms with Gasteiger partial charge in [-0.2, -0.15) is 0 Å². The van der Waals surface area contributed by atoms with Gasteiger partial charge < -0.3 is 5.32 Å². The molecule has 4 nitrogen and oxygen atoms in total. The van der Waals surface area contributed by atoms with Gasteiger partial charge in [0.1, 0.15) is 16.8 Å². The number of rotatable bonds is 5. The van der Waals surface area contributed by atoms with Crippen molar-refractivity contribution in [2.75, 3.05) is 18.1 Å². The lowest BCUT2D eigenvalue weighted by atomic mass is 10.4. The van der Waals surface area contributed by atoms with Crippen LogP contribution < -0.4 is 5.32 Å². The molecule has 1 aromatic heterocycles. The summed E-state index contributed by atoms with van der Waals surface area (Å²) in [6, 6.07) is 1.71. The maximum absolute atomic E-state index is 11.2. The monoisotopic (exact) mass is 273 g/mol. The Labute approximate surface area is 109 Å². The van der Waals surface area contributed by atoms with Gasteiger partial charge in [0.2, 0.25) is 0 Å². The predicted molar refractivity (Wildman–Crippen MR) is 71.0 cm³/mol. The lowest BCUT2D eigenvalue weighted by molar-refractivity contribution is 0.678. The Morgan fingerprint density at radius 1 is 1.59 bits per heavy atom. The second kappa shape index (κ2) is 5.31. The summed E-state index contributed by atoms with van der Waals surface area (Å²) in [7, 11) is -0.830. The summed E-state index contributed by atoms with van der Waals surface area (Å²) < 4.78 is 11.2. The Kier molecular flexibility index (Phi) is 3.99. The molecule has 1 heterocycles. The molecule has 2 rings (SSSR count). The molecule has 94 valence electrons. The molecule has 1 fully saturated rings. The van der Waals surface area contributed by atoms with Crippen molar-refractivity contribution in [1.82, 2.24) is 9.97 Å². The third-order valence-electron chi connectivity index (χ3n) is 2.79. The highest BCUT2D eigenvalue weighted by Gasteiger charge is 2.27. The van der Waals surface area contributed by atoms with Crippen LogP contribution in [0.5, 0.6) is 0 Å². The largest absolute Gasteiger partial charge is 0.369 e. The Morgan fingerprint density at radius 3 is 2.88 bits per heavy atom. The number of nitrogens with one attached hydrogen (secondary N) is 1. The van der Waals surface area contributed by atoms with Crippen molar-refractivity contribution in [1.29, 1.82) is 0 Å². The zero-order valence-electron chi connectivity index (χ0n) is 9.94. The van der Waals surface area contributed by atoms with Crippen LogP contribution in [-0.4, -0.2) is 32.2 Å². The number of halogens is 1. The molecule has 0 saturated heterocycles. The van der Waals surface area contributed by atoms with Gasteiger partial charge in [0.05, 0.1) is 0 Å². The van der Waals surface area contributed by atoms with E-state index in [1.807, 2.05) is 6.92 Å². The van der Waals surface area contributed by atoms with Crippen molar-refractivity contribution in [2.24, 2.45) is 0 Å². The smallest absolute Gasteiger partial charge is 0.135 e. The first-order chi connectivity index (χ1) is 8.06. The molecule has 6 heteroatoms. The Balaban J connectivity index is 2.02. The maximum Gasteiger partial charge on any atom is 0.135 e. The van der Waals surface area contributed by atoms with Crippen LogP contribution in [0.3, 0.4) is 0 Å². The summed E-state index contributed by atoms with van der Waals surface area (Å²) in [4.78, 5) is 8.63. The first kappa shape index (κ1) is 12.8. The van der Waals surface area contributed by atoms with E-state index in [0.29, 0.717) is 17.6 Å². The molecule has 0 aliphatic heterocycles. The van der Waals surface area contributed by atoms with E-state index in [1.165, 1.54) is 0 Å². The lowest BCUT2D eigenvalue weighted by Crippen LogP contribution is -2.21. The lowest BCUT2D eigenvalue weighted by Gasteiger charge is -2.11. The second-order valence-corrected chi connectivity index (χ2v) is 6.59. The summed E-state index contributed by atoms with van der Waals surface area (Å²) >= 11 is 5.95. The van der Waals surface area contributed by atoms with Crippen molar-refractivity contribution in [2.45, 2.75) is 30.9 Å². The van der Waals surface area contributed by atoms with Crippen LogP contribution in [0.15, 0.2) is 6.07 Å². The Morgan fingerprint density at radius 2 is 2.29 bits per heavy atom. The van der Waals surface area contributed by atoms with Crippen molar-refractivity contribution in [3.05, 3.63) is 17.0 Å². The van der Waals surface area contributed by atoms with E-state index >= 15 is 0 Å². The molecule has 17 heavy (non-hydrogen) atoms. The molecule has 1 aliphatic carbocycles. The predicted octanol–water partition coefficient (Wildman–Crippen LogP) is 2.19. The average molecular weight is 274 g/mol. The molecule has 1 aromatic rings. The van der Waals surface area contributed by atoms with E-state index < -0.39 is 10.8 Å². The second-order valence-electron chi connectivity index (χ2n) is 4.40. The SMILES string of the molecule is CC(CNc1cc(Cl)nc(C2CC2)n1)S(C)=O. The first-order valence-electron chi connectivity index (χ1n) is 5.67. The van der Waals surface area contributed by atoms with Gasteiger partial charge in [-0.15, -0.1) is 0 Å². The number of anilines is 1. The normalized spacial score (nSPS) is 18.8. The highest BCUT2D eigenvalue weighted by Crippen LogP contribution is 2.38. The van der Waals surface area contributed by atoms with Gasteiger partial charge in [-0.25, -0.2) is 9.97 Å². The van der Waals surface area contributed by atoms with Gasteiger partial charge in [0.25, 0.3) is 0 Å². The van der Waals surface area contributed by atoms with Crippen LogP contribution in [0, 0.1) is 0 Å². The zero-order chi connectivity index (χ0) is 12.4. The van der Waals surface area contributed by atoms with Crippen LogP contribution in [0.2, 0.25) is 5.15 Å². The molecule has 2 unspecified atom stereocenters. The minimum atomic E-state index is -0.830. The number of aromatic nitrogens is 2. The highest BCUT2D eigenvalue weighted by molar-refractivity contribution is 7.84. The minimum absolute atomic E-state index is 0.0908. The molecule has 0 aromatic carbocycles. The van der Waals surface area contributed by atoms with E-state index in [4.69, 9.17) is 11.6 Å². The van der Waals surface area contributed by atoms with E-state index in [0.717, 1.165) is 24.5 Å². The fourth-order valence-electron chi connectivity index (χ4n) is 1.42. The standard InChI is InChI=1S/C11H16ClN3OS/c1-7(17(2)16)6-13-10-5-9(12)14-11(15-10)8-3-4-8/h5,7-8H,3-4,6H2,1-2H3,(H,13,14,15). The fourth-order valence-corrected chi connectivity index (χ4v) is 1.92. The third-order valence-corrected chi connectivity index (χ3v) is 4.29. The summed E-state index contributed by atoms with van der Waals surface area (Å²) in [5.41, 5.74) is 0. The molecule has 0 radical (unpaired) electrons. The summed E-state index contributed by atoms with van der Waals surface area (Å²) in [5.74, 6) is 2.03. The minimum Gasteiger partial charge on any atom is -0.369 e. The van der Waals surface area contributed by atoms with Gasteiger partial charge in [0, 0.05) is 40.8 Å². The van der Waals surface area contributed by atoms with Crippen LogP contribution in [0.4, 0.5) is 5.82 Å². The van der Waals surface area contributed by atoms with E-state index in [2.05, 4.69) is 15.3 Å². The summed E-state index contributed by atoms with van der Waals surface area (Å²) in [6.07, 6.45) is 4.00. The number of nitrogens with zero attached hydrogens (tertiary/aromatic N) is 2. The van der Waals surface area contributed by atoms with E-state index in [1.54, 1.807) is 12.3 Å². The molecule has 1 N–H and O–H groups in total. The molecule has 2 atom stereocenters. The molecule has 1 saturated carbocycles. The third kappa shape index (κ3) is 3.64. The first-order valence-corrected chi connectivity index (χ1v) is 7.66. The van der Waals surface area contributed by atoms with Crippen LogP contribution in [0.1, 0.15) is 31.5 Å². The average Bonchev–Trinajstić information content (AvgIpc) is 3.08. The Bertz CT molecular complexity index is 437. The number of hydrogen-bond donors (Lipinski definition) is 1. The van der Waals surface area contributed by atoms with Gasteiger partial charge in [-0.1, -0.05) is 11.6 Å². The van der Waals surface area contributed by atoms with Crippen molar-refractivity contribution >= 4 is 28.2 Å². The molecule has 1 aliphatic rings. The summed E-state index contributed by atoms with van der Waals surface area (Å²) in [5, 5.41) is 3.72. The van der Waals surface area contributed by atoms with E-state index in [-0.39, 0.29) is 5.25 Å². The van der Waals surface area contributed by atoms with Crippen LogP contribution in [-0.2, 0) is 10.8 Å². The van der Waals surface area contributed by atoms with Crippen molar-refractivity contribution in [3.8, 4) is 0 Å². The van der Waals surface area contributed by atoms with Gasteiger partial charge >= 0.3 is 0 Å². The topological polar surface area (TPSA) is 54.9 Å². The molecule has 0 bridgehead atoms. The molecular weight excluding hydrogens is 258 g/mol. The van der Waals surface area contributed by atoms with Crippen molar-refractivity contribution < 1.29 is 4.21 Å². The van der Waals surface area contributed by atoms with Crippen molar-refractivity contribution in [3.63, 3.8) is 0 Å². The van der Waals surface area contributed by atoms with Gasteiger partial charge in [-0.3, -0.25) is 4.21 Å². The van der Waals surface area contributed by atoms with Gasteiger partial charge in [0.15, 0.2) is 0 Å².